The fourth-order valence-electron chi connectivity index (χ4n) is 8.36. The highest BCUT2D eigenvalue weighted by atomic mass is 32.2. The molecule has 4 heterocycles. The van der Waals surface area contributed by atoms with Gasteiger partial charge in [-0.1, -0.05) is 85.0 Å². The minimum atomic E-state index is -0.954. The van der Waals surface area contributed by atoms with Crippen LogP contribution in [-0.4, -0.2) is 83.4 Å². The van der Waals surface area contributed by atoms with Crippen molar-refractivity contribution in [1.29, 1.82) is 0 Å². The topological polar surface area (TPSA) is 112 Å². The van der Waals surface area contributed by atoms with Crippen LogP contribution in [0.25, 0.3) is 11.0 Å². The lowest BCUT2D eigenvalue weighted by Crippen LogP contribution is -2.58. The van der Waals surface area contributed by atoms with Crippen LogP contribution in [0, 0.1) is 17.8 Å². The molecule has 2 bridgehead atoms. The van der Waals surface area contributed by atoms with Crippen LogP contribution in [0.5, 0.6) is 0 Å². The Morgan fingerprint density at radius 1 is 1.00 bits per heavy atom. The molecule has 10 nitrogen and oxygen atoms in total. The molecule has 4 aromatic rings. The number of thioether (sulfide) groups is 1. The van der Waals surface area contributed by atoms with E-state index in [1.807, 2.05) is 84.9 Å². The van der Waals surface area contributed by atoms with Crippen molar-refractivity contribution in [2.24, 2.45) is 17.8 Å². The molecular formula is C38H40N6O4S. The Hall–Kier alpha value is -4.74. The van der Waals surface area contributed by atoms with E-state index < -0.39 is 28.7 Å². The molecule has 1 N–H and O–H groups in total. The summed E-state index contributed by atoms with van der Waals surface area (Å²) in [5.41, 5.74) is 2.93. The molecule has 3 saturated heterocycles. The van der Waals surface area contributed by atoms with E-state index in [1.165, 1.54) is 0 Å². The van der Waals surface area contributed by atoms with Crippen molar-refractivity contribution in [1.82, 2.24) is 24.8 Å². The summed E-state index contributed by atoms with van der Waals surface area (Å²) < 4.78 is 0.775. The van der Waals surface area contributed by atoms with E-state index in [4.69, 9.17) is 0 Å². The van der Waals surface area contributed by atoms with Gasteiger partial charge in [-0.2, -0.15) is 0 Å². The number of amides is 3. The molecule has 3 amide bonds. The van der Waals surface area contributed by atoms with Crippen molar-refractivity contribution >= 4 is 46.2 Å². The number of nitrogens with zero attached hydrogens (tertiary/aromatic N) is 6. The lowest BCUT2D eigenvalue weighted by molar-refractivity contribution is -0.146. The van der Waals surface area contributed by atoms with Crippen LogP contribution in [0.2, 0.25) is 0 Å². The van der Waals surface area contributed by atoms with Gasteiger partial charge in [0.15, 0.2) is 0 Å². The number of rotatable bonds is 12. The first-order chi connectivity index (χ1) is 23.8. The number of hydrogen-bond donors (Lipinski definition) is 1. The number of benzene rings is 3. The Bertz CT molecular complexity index is 1880. The van der Waals surface area contributed by atoms with Crippen LogP contribution in [0.3, 0.4) is 0 Å². The average Bonchev–Trinajstić information content (AvgIpc) is 3.85. The SMILES string of the molecule is C=CCN(Cn1nnc2ccccc21)C(=O)C1N([C@H](CO)c2ccccc2)C(=O)[C@@H]2[C@@H](C(=O)N(CC=C)c3ccccc3)[C@H]3CC(C)C12S3. The Labute approximate surface area is 290 Å². The maximum atomic E-state index is 15.2. The first-order valence-corrected chi connectivity index (χ1v) is 17.5. The number of aromatic nitrogens is 3. The quantitative estimate of drug-likeness (QED) is 0.217. The largest absolute Gasteiger partial charge is 0.394 e. The van der Waals surface area contributed by atoms with Crippen molar-refractivity contribution in [2.75, 3.05) is 24.6 Å². The van der Waals surface area contributed by atoms with Gasteiger partial charge in [-0.15, -0.1) is 30.0 Å². The van der Waals surface area contributed by atoms with Crippen LogP contribution >= 0.6 is 11.8 Å². The number of carbonyl (C=O) groups excluding carboxylic acids is 3. The molecule has 49 heavy (non-hydrogen) atoms. The molecule has 3 aliphatic heterocycles. The second-order valence-corrected chi connectivity index (χ2v) is 14.6. The number of fused-ring (bicyclic) bond motifs is 2. The van der Waals surface area contributed by atoms with Crippen molar-refractivity contribution in [2.45, 2.75) is 42.1 Å². The number of anilines is 1. The first kappa shape index (κ1) is 32.8. The van der Waals surface area contributed by atoms with Gasteiger partial charge < -0.3 is 19.8 Å². The van der Waals surface area contributed by atoms with E-state index in [2.05, 4.69) is 30.4 Å². The standard InChI is InChI=1S/C38H40N6O4S/c1-4-20-41(24-43-29-19-13-12-18-28(29)39-40-43)37(48)34-38-25(3)22-31(49-38)32(35(46)42(21-5-2)27-16-10-7-11-17-27)33(38)36(47)44(34)30(23-45)26-14-8-6-9-15-26/h4-19,25,30-34,45H,1-2,20-24H2,3H3/t25?,30-,31-,32+,33+,34?,38?/m1/s1. The zero-order chi connectivity index (χ0) is 34.3. The molecule has 1 spiro atoms. The summed E-state index contributed by atoms with van der Waals surface area (Å²) >= 11 is 1.61. The fourth-order valence-corrected chi connectivity index (χ4v) is 10.8. The van der Waals surface area contributed by atoms with Crippen molar-refractivity contribution < 1.29 is 19.5 Å². The molecule has 0 saturated carbocycles. The maximum Gasteiger partial charge on any atom is 0.248 e. The molecular weight excluding hydrogens is 637 g/mol. The minimum absolute atomic E-state index is 0.0584. The van der Waals surface area contributed by atoms with E-state index in [1.54, 1.807) is 43.3 Å². The summed E-state index contributed by atoms with van der Waals surface area (Å²) in [7, 11) is 0. The highest BCUT2D eigenvalue weighted by Gasteiger charge is 2.77. The smallest absolute Gasteiger partial charge is 0.248 e. The highest BCUT2D eigenvalue weighted by Crippen LogP contribution is 2.69. The molecule has 7 atom stereocenters. The van der Waals surface area contributed by atoms with E-state index in [0.717, 1.165) is 16.8 Å². The van der Waals surface area contributed by atoms with Crippen molar-refractivity contribution in [3.63, 3.8) is 0 Å². The Balaban J connectivity index is 1.34. The van der Waals surface area contributed by atoms with Gasteiger partial charge >= 0.3 is 0 Å². The fraction of sp³-hybridized carbons (Fsp3) is 0.342. The van der Waals surface area contributed by atoms with Crippen LogP contribution in [-0.2, 0) is 21.1 Å². The van der Waals surface area contributed by atoms with Gasteiger partial charge in [0.05, 0.1) is 34.7 Å². The molecule has 252 valence electrons. The predicted molar refractivity (Wildman–Crippen MR) is 190 cm³/mol. The zero-order valence-corrected chi connectivity index (χ0v) is 28.2. The minimum Gasteiger partial charge on any atom is -0.394 e. The summed E-state index contributed by atoms with van der Waals surface area (Å²) in [6, 6.07) is 24.5. The summed E-state index contributed by atoms with van der Waals surface area (Å²) in [5.74, 6) is -2.19. The van der Waals surface area contributed by atoms with Crippen LogP contribution < -0.4 is 4.90 Å². The van der Waals surface area contributed by atoms with E-state index in [9.17, 15) is 9.90 Å². The van der Waals surface area contributed by atoms with Crippen LogP contribution in [0.4, 0.5) is 5.69 Å². The Morgan fingerprint density at radius 3 is 2.37 bits per heavy atom. The average molecular weight is 677 g/mol. The molecule has 3 fully saturated rings. The molecule has 3 unspecified atom stereocenters. The molecule has 3 aliphatic rings. The number of hydrogen-bond acceptors (Lipinski definition) is 7. The van der Waals surface area contributed by atoms with Crippen LogP contribution in [0.15, 0.2) is 110 Å². The molecule has 7 rings (SSSR count). The third-order valence-corrected chi connectivity index (χ3v) is 12.5. The van der Waals surface area contributed by atoms with E-state index in [0.29, 0.717) is 11.9 Å². The lowest BCUT2D eigenvalue weighted by Gasteiger charge is -2.42. The normalized spacial score (nSPS) is 26.0. The molecule has 3 aromatic carbocycles. The number of para-hydroxylation sites is 2. The second-order valence-electron chi connectivity index (χ2n) is 13.0. The summed E-state index contributed by atoms with van der Waals surface area (Å²) in [4.78, 5) is 50.0. The lowest BCUT2D eigenvalue weighted by atomic mass is 9.65. The Morgan fingerprint density at radius 2 is 1.67 bits per heavy atom. The molecule has 0 radical (unpaired) electrons. The maximum absolute atomic E-state index is 15.2. The number of aliphatic hydroxyl groups is 1. The van der Waals surface area contributed by atoms with Gasteiger partial charge in [0.1, 0.15) is 18.2 Å². The van der Waals surface area contributed by atoms with Crippen LogP contribution in [0.1, 0.15) is 24.9 Å². The summed E-state index contributed by atoms with van der Waals surface area (Å²) in [6.07, 6.45) is 4.04. The number of carbonyl (C=O) groups is 3. The molecule has 11 heteroatoms. The summed E-state index contributed by atoms with van der Waals surface area (Å²) in [5, 5.41) is 19.4. The molecule has 0 aliphatic carbocycles. The van der Waals surface area contributed by atoms with Crippen molar-refractivity contribution in [3.8, 4) is 0 Å². The number of aliphatic hydroxyl groups excluding tert-OH is 1. The zero-order valence-electron chi connectivity index (χ0n) is 27.4. The second kappa shape index (κ2) is 13.3. The summed E-state index contributed by atoms with van der Waals surface area (Å²) in [6.45, 7) is 10.1. The van der Waals surface area contributed by atoms with Gasteiger partial charge in [0, 0.05) is 24.0 Å². The predicted octanol–water partition coefficient (Wildman–Crippen LogP) is 4.69. The first-order valence-electron chi connectivity index (χ1n) is 16.7. The van der Waals surface area contributed by atoms with E-state index in [-0.39, 0.29) is 55.3 Å². The highest BCUT2D eigenvalue weighted by molar-refractivity contribution is 8.02. The van der Waals surface area contributed by atoms with E-state index >= 15 is 9.59 Å². The Kier molecular flexibility index (Phi) is 8.89. The van der Waals surface area contributed by atoms with Gasteiger partial charge in [-0.25, -0.2) is 4.68 Å². The third kappa shape index (κ3) is 5.27. The third-order valence-electron chi connectivity index (χ3n) is 10.4. The van der Waals surface area contributed by atoms with Gasteiger partial charge in [0.25, 0.3) is 0 Å². The van der Waals surface area contributed by atoms with Gasteiger partial charge in [-0.3, -0.25) is 14.4 Å². The van der Waals surface area contributed by atoms with Gasteiger partial charge in [-0.05, 0) is 42.2 Å². The number of likely N-dealkylation sites (tertiary alicyclic amines) is 1. The van der Waals surface area contributed by atoms with Gasteiger partial charge in [0.2, 0.25) is 17.7 Å². The monoisotopic (exact) mass is 676 g/mol. The molecule has 1 aromatic heterocycles. The van der Waals surface area contributed by atoms with Crippen molar-refractivity contribution in [3.05, 3.63) is 116 Å².